The molecule has 0 amide bonds. The Balaban J connectivity index is 1.72. The first kappa shape index (κ1) is 21.1. The maximum absolute atomic E-state index is 6.45. The SMILES string of the molecule is COc1cc(CNc2ccc(Cl)cc2Cl)cc(Cl)c1OCc1ccc(Br)cc1. The van der Waals surface area contributed by atoms with Crippen molar-refractivity contribution in [3.8, 4) is 11.5 Å². The fourth-order valence-electron chi connectivity index (χ4n) is 2.58. The van der Waals surface area contributed by atoms with E-state index in [-0.39, 0.29) is 0 Å². The summed E-state index contributed by atoms with van der Waals surface area (Å²) in [5.41, 5.74) is 2.75. The van der Waals surface area contributed by atoms with Crippen molar-refractivity contribution in [2.45, 2.75) is 13.2 Å². The summed E-state index contributed by atoms with van der Waals surface area (Å²) < 4.78 is 12.4. The molecule has 0 aliphatic carbocycles. The number of anilines is 1. The highest BCUT2D eigenvalue weighted by atomic mass is 79.9. The van der Waals surface area contributed by atoms with Crippen molar-refractivity contribution in [2.24, 2.45) is 0 Å². The first-order chi connectivity index (χ1) is 13.5. The molecule has 0 saturated heterocycles. The van der Waals surface area contributed by atoms with Crippen LogP contribution in [0.1, 0.15) is 11.1 Å². The van der Waals surface area contributed by atoms with E-state index in [1.807, 2.05) is 42.5 Å². The van der Waals surface area contributed by atoms with Crippen molar-refractivity contribution in [2.75, 3.05) is 12.4 Å². The second-order valence-corrected chi connectivity index (χ2v) is 8.17. The third-order valence-corrected chi connectivity index (χ3v) is 5.36. The van der Waals surface area contributed by atoms with Crippen LogP contribution in [0.3, 0.4) is 0 Å². The fourth-order valence-corrected chi connectivity index (χ4v) is 3.61. The molecular formula is C21H17BrCl3NO2. The molecule has 0 heterocycles. The first-order valence-electron chi connectivity index (χ1n) is 8.39. The zero-order chi connectivity index (χ0) is 20.1. The molecule has 146 valence electrons. The summed E-state index contributed by atoms with van der Waals surface area (Å²) in [4.78, 5) is 0. The van der Waals surface area contributed by atoms with E-state index in [0.29, 0.717) is 39.7 Å². The van der Waals surface area contributed by atoms with Gasteiger partial charge in [-0.15, -0.1) is 0 Å². The molecule has 0 spiro atoms. The molecule has 0 fully saturated rings. The molecule has 0 radical (unpaired) electrons. The van der Waals surface area contributed by atoms with Gasteiger partial charge in [0.2, 0.25) is 0 Å². The van der Waals surface area contributed by atoms with Crippen LogP contribution in [0.15, 0.2) is 59.1 Å². The number of methoxy groups -OCH3 is 1. The molecule has 1 N–H and O–H groups in total. The Morgan fingerprint density at radius 2 is 1.64 bits per heavy atom. The number of ether oxygens (including phenoxy) is 2. The Kier molecular flexibility index (Phi) is 7.36. The largest absolute Gasteiger partial charge is 0.493 e. The van der Waals surface area contributed by atoms with Crippen molar-refractivity contribution < 1.29 is 9.47 Å². The second-order valence-electron chi connectivity index (χ2n) is 6.00. The lowest BCUT2D eigenvalue weighted by atomic mass is 10.2. The van der Waals surface area contributed by atoms with E-state index in [1.54, 1.807) is 19.2 Å². The van der Waals surface area contributed by atoms with Gasteiger partial charge < -0.3 is 14.8 Å². The summed E-state index contributed by atoms with van der Waals surface area (Å²) in [7, 11) is 1.59. The Bertz CT molecular complexity index is 965. The predicted molar refractivity (Wildman–Crippen MR) is 120 cm³/mol. The molecule has 0 aliphatic rings. The van der Waals surface area contributed by atoms with Crippen molar-refractivity contribution in [1.29, 1.82) is 0 Å². The van der Waals surface area contributed by atoms with E-state index in [2.05, 4.69) is 21.2 Å². The van der Waals surface area contributed by atoms with E-state index in [1.165, 1.54) is 0 Å². The molecule has 0 aliphatic heterocycles. The topological polar surface area (TPSA) is 30.5 Å². The molecular weight excluding hydrogens is 484 g/mol. The lowest BCUT2D eigenvalue weighted by molar-refractivity contribution is 0.284. The molecule has 0 bridgehead atoms. The quantitative estimate of drug-likeness (QED) is 0.361. The monoisotopic (exact) mass is 499 g/mol. The minimum atomic E-state index is 0.390. The summed E-state index contributed by atoms with van der Waals surface area (Å²) in [5, 5.41) is 4.90. The average Bonchev–Trinajstić information content (AvgIpc) is 2.67. The minimum absolute atomic E-state index is 0.390. The number of halogens is 4. The number of benzene rings is 3. The molecule has 0 saturated carbocycles. The van der Waals surface area contributed by atoms with Crippen molar-refractivity contribution in [3.05, 3.63) is 85.3 Å². The molecule has 0 aromatic heterocycles. The van der Waals surface area contributed by atoms with Crippen LogP contribution in [-0.4, -0.2) is 7.11 Å². The molecule has 28 heavy (non-hydrogen) atoms. The fraction of sp³-hybridized carbons (Fsp3) is 0.143. The van der Waals surface area contributed by atoms with Gasteiger partial charge in [0.25, 0.3) is 0 Å². The van der Waals surface area contributed by atoms with Crippen LogP contribution < -0.4 is 14.8 Å². The van der Waals surface area contributed by atoms with E-state index in [4.69, 9.17) is 44.3 Å². The number of rotatable bonds is 7. The smallest absolute Gasteiger partial charge is 0.180 e. The maximum atomic E-state index is 6.45. The van der Waals surface area contributed by atoms with Gasteiger partial charge >= 0.3 is 0 Å². The van der Waals surface area contributed by atoms with Gasteiger partial charge in [-0.25, -0.2) is 0 Å². The van der Waals surface area contributed by atoms with Gasteiger partial charge in [-0.1, -0.05) is 62.9 Å². The predicted octanol–water partition coefficient (Wildman–Crippen LogP) is 7.61. The van der Waals surface area contributed by atoms with Crippen LogP contribution in [0.2, 0.25) is 15.1 Å². The lowest BCUT2D eigenvalue weighted by Gasteiger charge is -2.15. The van der Waals surface area contributed by atoms with Crippen LogP contribution in [0.4, 0.5) is 5.69 Å². The van der Waals surface area contributed by atoms with Crippen LogP contribution in [0, 0.1) is 0 Å². The molecule has 3 rings (SSSR count). The Morgan fingerprint density at radius 3 is 2.32 bits per heavy atom. The highest BCUT2D eigenvalue weighted by Crippen LogP contribution is 2.37. The van der Waals surface area contributed by atoms with Crippen LogP contribution >= 0.6 is 50.7 Å². The van der Waals surface area contributed by atoms with Gasteiger partial charge in [-0.05, 0) is 53.6 Å². The lowest BCUT2D eigenvalue weighted by Crippen LogP contribution is -2.03. The van der Waals surface area contributed by atoms with Gasteiger partial charge in [-0.2, -0.15) is 0 Å². The molecule has 0 unspecified atom stereocenters. The molecule has 7 heteroatoms. The second kappa shape index (κ2) is 9.75. The third-order valence-electron chi connectivity index (χ3n) is 4.00. The van der Waals surface area contributed by atoms with E-state index in [9.17, 15) is 0 Å². The van der Waals surface area contributed by atoms with Crippen LogP contribution in [-0.2, 0) is 13.2 Å². The highest BCUT2D eigenvalue weighted by molar-refractivity contribution is 9.10. The van der Waals surface area contributed by atoms with Gasteiger partial charge in [0.15, 0.2) is 11.5 Å². The zero-order valence-corrected chi connectivity index (χ0v) is 18.8. The normalized spacial score (nSPS) is 10.6. The van der Waals surface area contributed by atoms with Gasteiger partial charge in [0.05, 0.1) is 22.8 Å². The van der Waals surface area contributed by atoms with Crippen LogP contribution in [0.25, 0.3) is 0 Å². The van der Waals surface area contributed by atoms with Gasteiger partial charge in [0, 0.05) is 16.0 Å². The Morgan fingerprint density at radius 1 is 0.893 bits per heavy atom. The molecule has 3 nitrogen and oxygen atoms in total. The van der Waals surface area contributed by atoms with Crippen molar-refractivity contribution in [1.82, 2.24) is 0 Å². The summed E-state index contributed by atoms with van der Waals surface area (Å²) in [5.74, 6) is 1.09. The van der Waals surface area contributed by atoms with E-state index < -0.39 is 0 Å². The molecule has 3 aromatic rings. The van der Waals surface area contributed by atoms with Crippen molar-refractivity contribution >= 4 is 56.4 Å². The highest BCUT2D eigenvalue weighted by Gasteiger charge is 2.13. The summed E-state index contributed by atoms with van der Waals surface area (Å²) in [6.45, 7) is 0.908. The molecule has 0 atom stereocenters. The summed E-state index contributed by atoms with van der Waals surface area (Å²) in [6.07, 6.45) is 0. The molecule has 3 aromatic carbocycles. The third kappa shape index (κ3) is 5.48. The van der Waals surface area contributed by atoms with Gasteiger partial charge in [0.1, 0.15) is 6.61 Å². The zero-order valence-electron chi connectivity index (χ0n) is 14.9. The summed E-state index contributed by atoms with van der Waals surface area (Å²) in [6, 6.07) is 16.9. The standard InChI is InChI=1S/C21H17BrCl3NO2/c1-27-20-9-14(11-26-19-7-6-16(23)10-17(19)24)8-18(25)21(20)28-12-13-2-4-15(22)5-3-13/h2-10,26H,11-12H2,1H3. The van der Waals surface area contributed by atoms with Crippen molar-refractivity contribution in [3.63, 3.8) is 0 Å². The minimum Gasteiger partial charge on any atom is -0.493 e. The van der Waals surface area contributed by atoms with E-state index in [0.717, 1.165) is 21.3 Å². The van der Waals surface area contributed by atoms with E-state index >= 15 is 0 Å². The van der Waals surface area contributed by atoms with Gasteiger partial charge in [-0.3, -0.25) is 0 Å². The number of hydrogen-bond donors (Lipinski definition) is 1. The number of hydrogen-bond acceptors (Lipinski definition) is 3. The van der Waals surface area contributed by atoms with Crippen LogP contribution in [0.5, 0.6) is 11.5 Å². The summed E-state index contributed by atoms with van der Waals surface area (Å²) >= 11 is 22.0. The number of nitrogens with one attached hydrogen (secondary N) is 1. The Hall–Kier alpha value is -1.59. The average molecular weight is 502 g/mol. The maximum Gasteiger partial charge on any atom is 0.180 e. The first-order valence-corrected chi connectivity index (χ1v) is 10.3. The Labute approximate surface area is 187 Å².